The molecule has 1 saturated heterocycles. The van der Waals surface area contributed by atoms with E-state index >= 15 is 0 Å². The van der Waals surface area contributed by atoms with Crippen LogP contribution >= 0.6 is 0 Å². The standard InChI is InChI=1S/C15H24O4/c16-3-1-2-4-17-14-15(19-18-14)12-6-10-5-11(8-12)9-13(15)7-10/h10-14,16H,1-9H2. The van der Waals surface area contributed by atoms with Crippen molar-refractivity contribution in [1.29, 1.82) is 0 Å². The summed E-state index contributed by atoms with van der Waals surface area (Å²) in [6.07, 6.45) is 8.25. The summed E-state index contributed by atoms with van der Waals surface area (Å²) in [5.74, 6) is 3.18. The van der Waals surface area contributed by atoms with Crippen LogP contribution in [0.15, 0.2) is 0 Å². The SMILES string of the molecule is OCCCCOC1OOC12C1CC3CC(C1)CC2C3. The van der Waals surface area contributed by atoms with E-state index < -0.39 is 0 Å². The van der Waals surface area contributed by atoms with Crippen molar-refractivity contribution in [2.75, 3.05) is 13.2 Å². The first kappa shape index (κ1) is 12.6. The molecule has 5 rings (SSSR count). The second-order valence-corrected chi connectivity index (χ2v) is 6.97. The molecule has 0 radical (unpaired) electrons. The Morgan fingerprint density at radius 2 is 1.68 bits per heavy atom. The zero-order chi connectivity index (χ0) is 12.9. The average molecular weight is 268 g/mol. The Labute approximate surface area is 114 Å². The smallest absolute Gasteiger partial charge is 0.224 e. The van der Waals surface area contributed by atoms with Gasteiger partial charge < -0.3 is 9.84 Å². The molecule has 0 aromatic heterocycles. The highest BCUT2D eigenvalue weighted by atomic mass is 17.3. The molecule has 1 spiro atoms. The van der Waals surface area contributed by atoms with Gasteiger partial charge in [0.25, 0.3) is 0 Å². The van der Waals surface area contributed by atoms with Crippen LogP contribution in [0.1, 0.15) is 44.9 Å². The van der Waals surface area contributed by atoms with Crippen LogP contribution in [0.4, 0.5) is 0 Å². The lowest BCUT2D eigenvalue weighted by molar-refractivity contribution is -0.590. The molecule has 4 saturated carbocycles. The third-order valence-corrected chi connectivity index (χ3v) is 5.88. The Hall–Kier alpha value is -0.160. The van der Waals surface area contributed by atoms with Crippen LogP contribution in [-0.4, -0.2) is 30.2 Å². The molecule has 4 heteroatoms. The predicted octanol–water partition coefficient (Wildman–Crippen LogP) is 2.26. The fourth-order valence-electron chi connectivity index (χ4n) is 5.20. The second kappa shape index (κ2) is 4.69. The van der Waals surface area contributed by atoms with E-state index in [2.05, 4.69) is 0 Å². The van der Waals surface area contributed by atoms with Gasteiger partial charge in [0.15, 0.2) is 5.60 Å². The molecule has 1 N–H and O–H groups in total. The minimum absolute atomic E-state index is 0.118. The van der Waals surface area contributed by atoms with E-state index in [9.17, 15) is 0 Å². The van der Waals surface area contributed by atoms with Gasteiger partial charge in [0.05, 0.1) is 6.61 Å². The van der Waals surface area contributed by atoms with E-state index in [1.807, 2.05) is 0 Å². The molecule has 1 heterocycles. The summed E-state index contributed by atoms with van der Waals surface area (Å²) in [6.45, 7) is 0.910. The minimum Gasteiger partial charge on any atom is -0.396 e. The van der Waals surface area contributed by atoms with E-state index in [4.69, 9.17) is 19.6 Å². The van der Waals surface area contributed by atoms with Gasteiger partial charge in [-0.3, -0.25) is 0 Å². The molecule has 1 aliphatic heterocycles. The number of ether oxygens (including phenoxy) is 1. The molecule has 1 atom stereocenters. The van der Waals surface area contributed by atoms with Crippen molar-refractivity contribution in [2.24, 2.45) is 23.7 Å². The number of aliphatic hydroxyl groups is 1. The number of hydrogen-bond acceptors (Lipinski definition) is 4. The third-order valence-electron chi connectivity index (χ3n) is 5.88. The number of unbranched alkanes of at least 4 members (excludes halogenated alkanes) is 1. The molecule has 0 aromatic rings. The second-order valence-electron chi connectivity index (χ2n) is 6.97. The summed E-state index contributed by atoms with van der Waals surface area (Å²) in [6, 6.07) is 0. The van der Waals surface area contributed by atoms with Crippen molar-refractivity contribution in [2.45, 2.75) is 56.8 Å². The largest absolute Gasteiger partial charge is 0.396 e. The lowest BCUT2D eigenvalue weighted by Crippen LogP contribution is -2.71. The van der Waals surface area contributed by atoms with Gasteiger partial charge in [0.1, 0.15) is 0 Å². The predicted molar refractivity (Wildman–Crippen MR) is 68.0 cm³/mol. The van der Waals surface area contributed by atoms with Crippen LogP contribution in [0.5, 0.6) is 0 Å². The van der Waals surface area contributed by atoms with Crippen molar-refractivity contribution in [3.63, 3.8) is 0 Å². The maximum absolute atomic E-state index is 8.80. The van der Waals surface area contributed by atoms with Gasteiger partial charge in [-0.05, 0) is 68.6 Å². The van der Waals surface area contributed by atoms with Gasteiger partial charge in [0.2, 0.25) is 6.29 Å². The van der Waals surface area contributed by atoms with Crippen molar-refractivity contribution in [1.82, 2.24) is 0 Å². The highest BCUT2D eigenvalue weighted by molar-refractivity contribution is 5.10. The molecule has 0 amide bonds. The molecule has 0 aromatic carbocycles. The molecule has 19 heavy (non-hydrogen) atoms. The molecule has 5 aliphatic rings. The number of rotatable bonds is 5. The summed E-state index contributed by atoms with van der Waals surface area (Å²) < 4.78 is 5.90. The monoisotopic (exact) mass is 268 g/mol. The highest BCUT2D eigenvalue weighted by Gasteiger charge is 2.68. The lowest BCUT2D eigenvalue weighted by atomic mass is 9.49. The van der Waals surface area contributed by atoms with E-state index in [0.29, 0.717) is 18.4 Å². The normalized spacial score (nSPS) is 50.7. The van der Waals surface area contributed by atoms with Crippen LogP contribution in [0.2, 0.25) is 0 Å². The van der Waals surface area contributed by atoms with Gasteiger partial charge in [-0.2, -0.15) is 0 Å². The third kappa shape index (κ3) is 1.80. The van der Waals surface area contributed by atoms with E-state index in [-0.39, 0.29) is 18.5 Å². The Kier molecular flexibility index (Phi) is 3.10. The number of aliphatic hydroxyl groups excluding tert-OH is 1. The van der Waals surface area contributed by atoms with E-state index in [1.54, 1.807) is 0 Å². The Bertz CT molecular complexity index is 315. The van der Waals surface area contributed by atoms with E-state index in [0.717, 1.165) is 24.7 Å². The van der Waals surface area contributed by atoms with Gasteiger partial charge in [-0.1, -0.05) is 0 Å². The molecule has 4 nitrogen and oxygen atoms in total. The zero-order valence-corrected chi connectivity index (χ0v) is 11.4. The van der Waals surface area contributed by atoms with E-state index in [1.165, 1.54) is 32.1 Å². The number of hydrogen-bond donors (Lipinski definition) is 1. The van der Waals surface area contributed by atoms with Gasteiger partial charge >= 0.3 is 0 Å². The van der Waals surface area contributed by atoms with Crippen LogP contribution < -0.4 is 0 Å². The van der Waals surface area contributed by atoms with Crippen molar-refractivity contribution in [3.05, 3.63) is 0 Å². The van der Waals surface area contributed by atoms with Crippen molar-refractivity contribution >= 4 is 0 Å². The summed E-state index contributed by atoms with van der Waals surface area (Å²) in [4.78, 5) is 11.0. The molecule has 108 valence electrons. The van der Waals surface area contributed by atoms with Crippen LogP contribution in [0, 0.1) is 23.7 Å². The van der Waals surface area contributed by atoms with Crippen LogP contribution in [-0.2, 0) is 14.5 Å². The Balaban J connectivity index is 1.42. The first-order chi connectivity index (χ1) is 9.33. The summed E-state index contributed by atoms with van der Waals surface area (Å²) in [5, 5.41) is 8.80. The van der Waals surface area contributed by atoms with Crippen LogP contribution in [0.25, 0.3) is 0 Å². The average Bonchev–Trinajstić information content (AvgIpc) is 2.36. The Morgan fingerprint density at radius 1 is 1.00 bits per heavy atom. The maximum atomic E-state index is 8.80. The van der Waals surface area contributed by atoms with Gasteiger partial charge in [-0.25, -0.2) is 9.78 Å². The molecular weight excluding hydrogens is 244 g/mol. The summed E-state index contributed by atoms with van der Waals surface area (Å²) in [7, 11) is 0. The molecule has 5 fully saturated rings. The fourth-order valence-corrected chi connectivity index (χ4v) is 5.20. The lowest BCUT2D eigenvalue weighted by Gasteiger charge is -2.64. The van der Waals surface area contributed by atoms with Crippen LogP contribution in [0.3, 0.4) is 0 Å². The fraction of sp³-hybridized carbons (Fsp3) is 1.00. The molecule has 4 bridgehead atoms. The molecule has 1 unspecified atom stereocenters. The maximum Gasteiger partial charge on any atom is 0.224 e. The first-order valence-electron chi connectivity index (χ1n) is 7.90. The zero-order valence-electron chi connectivity index (χ0n) is 11.4. The molecule has 4 aliphatic carbocycles. The van der Waals surface area contributed by atoms with Crippen molar-refractivity contribution < 1.29 is 19.6 Å². The van der Waals surface area contributed by atoms with Crippen molar-refractivity contribution in [3.8, 4) is 0 Å². The summed E-state index contributed by atoms with van der Waals surface area (Å²) in [5.41, 5.74) is -0.118. The first-order valence-corrected chi connectivity index (χ1v) is 7.90. The summed E-state index contributed by atoms with van der Waals surface area (Å²) >= 11 is 0. The highest BCUT2D eigenvalue weighted by Crippen LogP contribution is 2.63. The minimum atomic E-state index is -0.152. The van der Waals surface area contributed by atoms with Gasteiger partial charge in [-0.15, -0.1) is 0 Å². The quantitative estimate of drug-likeness (QED) is 0.614. The topological polar surface area (TPSA) is 47.9 Å². The molecular formula is C15H24O4. The van der Waals surface area contributed by atoms with Gasteiger partial charge in [0, 0.05) is 6.61 Å². The Morgan fingerprint density at radius 3 is 2.21 bits per heavy atom.